The molecule has 6 heteroatoms. The van der Waals surface area contributed by atoms with E-state index in [1.54, 1.807) is 0 Å². The first-order chi connectivity index (χ1) is 12.5. The van der Waals surface area contributed by atoms with Gasteiger partial charge >= 0.3 is 0 Å². The van der Waals surface area contributed by atoms with E-state index in [1.165, 1.54) is 0 Å². The first-order valence-electron chi connectivity index (χ1n) is 8.62. The third kappa shape index (κ3) is 4.27. The molecule has 0 saturated carbocycles. The Bertz CT molecular complexity index is 869. The van der Waals surface area contributed by atoms with Crippen LogP contribution < -0.4 is 10.6 Å². The number of H-pyrrole nitrogens is 1. The minimum Gasteiger partial charge on any atom is -0.344 e. The second-order valence-corrected chi connectivity index (χ2v) is 6.54. The molecule has 134 valence electrons. The van der Waals surface area contributed by atoms with Gasteiger partial charge in [0.15, 0.2) is 0 Å². The summed E-state index contributed by atoms with van der Waals surface area (Å²) in [7, 11) is 0. The Morgan fingerprint density at radius 1 is 1.04 bits per heavy atom. The number of amides is 2. The summed E-state index contributed by atoms with van der Waals surface area (Å²) in [6.45, 7) is 3.79. The van der Waals surface area contributed by atoms with Crippen molar-refractivity contribution in [1.82, 2.24) is 15.3 Å². The number of hydrogen-bond acceptors (Lipinski definition) is 3. The topological polar surface area (TPSA) is 86.9 Å². The van der Waals surface area contributed by atoms with Crippen molar-refractivity contribution < 1.29 is 9.59 Å². The van der Waals surface area contributed by atoms with Crippen LogP contribution in [-0.4, -0.2) is 27.8 Å². The largest absolute Gasteiger partial charge is 0.344 e. The van der Waals surface area contributed by atoms with Gasteiger partial charge in [0.05, 0.1) is 17.5 Å². The van der Waals surface area contributed by atoms with Crippen LogP contribution in [0.3, 0.4) is 0 Å². The number of nitrogens with zero attached hydrogens (tertiary/aromatic N) is 1. The molecule has 0 aliphatic heterocycles. The third-order valence-electron chi connectivity index (χ3n) is 4.10. The Hall–Kier alpha value is -3.15. The highest BCUT2D eigenvalue weighted by molar-refractivity contribution is 5.97. The van der Waals surface area contributed by atoms with Gasteiger partial charge in [0.25, 0.3) is 0 Å². The monoisotopic (exact) mass is 350 g/mol. The summed E-state index contributed by atoms with van der Waals surface area (Å²) >= 11 is 0. The van der Waals surface area contributed by atoms with E-state index in [9.17, 15) is 9.59 Å². The number of hydrogen-bond donors (Lipinski definition) is 3. The molecule has 1 atom stereocenters. The molecule has 1 heterocycles. The molecular weight excluding hydrogens is 328 g/mol. The zero-order valence-corrected chi connectivity index (χ0v) is 14.8. The third-order valence-corrected chi connectivity index (χ3v) is 4.10. The van der Waals surface area contributed by atoms with Gasteiger partial charge in [-0.25, -0.2) is 4.98 Å². The second-order valence-electron chi connectivity index (χ2n) is 6.54. The Balaban J connectivity index is 1.66. The molecule has 3 rings (SSSR count). The molecule has 0 unspecified atom stereocenters. The molecule has 0 fully saturated rings. The van der Waals surface area contributed by atoms with Gasteiger partial charge in [0.2, 0.25) is 17.8 Å². The summed E-state index contributed by atoms with van der Waals surface area (Å²) < 4.78 is 0. The predicted molar refractivity (Wildman–Crippen MR) is 102 cm³/mol. The van der Waals surface area contributed by atoms with Crippen LogP contribution in [0, 0.1) is 5.92 Å². The summed E-state index contributed by atoms with van der Waals surface area (Å²) in [6, 6.07) is 16.3. The van der Waals surface area contributed by atoms with Crippen LogP contribution >= 0.6 is 0 Å². The standard InChI is InChI=1S/C20H22N4O2/c1-13(2)18(23-17(25)12-14-8-4-3-5-9-14)19(26)24-20-21-15-10-6-7-11-16(15)22-20/h3-11,13,18H,12H2,1-2H3,(H,23,25)(H2,21,22,24,26)/t18-/m1/s1. The van der Waals surface area contributed by atoms with Crippen LogP contribution in [0.4, 0.5) is 5.95 Å². The number of aromatic amines is 1. The molecule has 0 radical (unpaired) electrons. The number of para-hydroxylation sites is 2. The Labute approximate surface area is 152 Å². The summed E-state index contributed by atoms with van der Waals surface area (Å²) in [6.07, 6.45) is 0.238. The highest BCUT2D eigenvalue weighted by Gasteiger charge is 2.25. The fourth-order valence-electron chi connectivity index (χ4n) is 2.75. The Morgan fingerprint density at radius 2 is 1.73 bits per heavy atom. The van der Waals surface area contributed by atoms with Crippen LogP contribution in [0.15, 0.2) is 54.6 Å². The van der Waals surface area contributed by atoms with E-state index in [-0.39, 0.29) is 24.2 Å². The van der Waals surface area contributed by atoms with Gasteiger partial charge in [0, 0.05) is 0 Å². The van der Waals surface area contributed by atoms with Crippen LogP contribution in [0.25, 0.3) is 11.0 Å². The number of anilines is 1. The predicted octanol–water partition coefficient (Wildman–Crippen LogP) is 2.88. The van der Waals surface area contributed by atoms with Gasteiger partial charge in [-0.15, -0.1) is 0 Å². The number of fused-ring (bicyclic) bond motifs is 1. The van der Waals surface area contributed by atoms with Crippen molar-refractivity contribution in [2.75, 3.05) is 5.32 Å². The average molecular weight is 350 g/mol. The average Bonchev–Trinajstić information content (AvgIpc) is 3.02. The van der Waals surface area contributed by atoms with Crippen LogP contribution in [0.1, 0.15) is 19.4 Å². The molecule has 6 nitrogen and oxygen atoms in total. The second kappa shape index (κ2) is 7.82. The van der Waals surface area contributed by atoms with Crippen molar-refractivity contribution >= 4 is 28.8 Å². The van der Waals surface area contributed by atoms with Gasteiger partial charge in [0.1, 0.15) is 6.04 Å². The normalized spacial score (nSPS) is 12.1. The quantitative estimate of drug-likeness (QED) is 0.639. The maximum Gasteiger partial charge on any atom is 0.249 e. The minimum atomic E-state index is -0.639. The van der Waals surface area contributed by atoms with Gasteiger partial charge < -0.3 is 10.3 Å². The molecule has 26 heavy (non-hydrogen) atoms. The fourth-order valence-corrected chi connectivity index (χ4v) is 2.75. The molecular formula is C20H22N4O2. The first-order valence-corrected chi connectivity index (χ1v) is 8.62. The van der Waals surface area contributed by atoms with Crippen molar-refractivity contribution in [3.63, 3.8) is 0 Å². The van der Waals surface area contributed by atoms with Crippen LogP contribution in [-0.2, 0) is 16.0 Å². The van der Waals surface area contributed by atoms with E-state index in [0.717, 1.165) is 16.6 Å². The van der Waals surface area contributed by atoms with E-state index < -0.39 is 6.04 Å². The van der Waals surface area contributed by atoms with E-state index in [0.29, 0.717) is 5.95 Å². The Kier molecular flexibility index (Phi) is 5.31. The maximum atomic E-state index is 12.6. The number of rotatable bonds is 6. The smallest absolute Gasteiger partial charge is 0.249 e. The maximum absolute atomic E-state index is 12.6. The van der Waals surface area contributed by atoms with E-state index >= 15 is 0 Å². The van der Waals surface area contributed by atoms with Crippen molar-refractivity contribution in [3.8, 4) is 0 Å². The minimum absolute atomic E-state index is 0.0564. The Morgan fingerprint density at radius 3 is 2.42 bits per heavy atom. The number of carbonyl (C=O) groups excluding carboxylic acids is 2. The summed E-state index contributed by atoms with van der Waals surface area (Å²) in [5.74, 6) is -0.159. The number of imidazole rings is 1. The van der Waals surface area contributed by atoms with Crippen molar-refractivity contribution in [2.24, 2.45) is 5.92 Å². The molecule has 1 aromatic heterocycles. The van der Waals surface area contributed by atoms with E-state index in [4.69, 9.17) is 0 Å². The number of nitrogens with one attached hydrogen (secondary N) is 3. The summed E-state index contributed by atoms with van der Waals surface area (Å²) in [5, 5.41) is 5.59. The van der Waals surface area contributed by atoms with Gasteiger partial charge in [-0.05, 0) is 23.6 Å². The summed E-state index contributed by atoms with van der Waals surface area (Å²) in [5.41, 5.74) is 2.53. The molecule has 2 aromatic carbocycles. The highest BCUT2D eigenvalue weighted by atomic mass is 16.2. The van der Waals surface area contributed by atoms with Crippen LogP contribution in [0.5, 0.6) is 0 Å². The lowest BCUT2D eigenvalue weighted by atomic mass is 10.0. The lowest BCUT2D eigenvalue weighted by Gasteiger charge is -2.21. The zero-order valence-electron chi connectivity index (χ0n) is 14.8. The lowest BCUT2D eigenvalue weighted by Crippen LogP contribution is -2.47. The van der Waals surface area contributed by atoms with Crippen LogP contribution in [0.2, 0.25) is 0 Å². The molecule has 0 spiro atoms. The zero-order chi connectivity index (χ0) is 18.5. The SMILES string of the molecule is CC(C)[C@@H](NC(=O)Cc1ccccc1)C(=O)Nc1nc2ccccc2[nH]1. The van der Waals surface area contributed by atoms with Crippen molar-refractivity contribution in [3.05, 3.63) is 60.2 Å². The lowest BCUT2D eigenvalue weighted by molar-refractivity contribution is -0.127. The fraction of sp³-hybridized carbons (Fsp3) is 0.250. The molecule has 0 bridgehead atoms. The molecule has 2 amide bonds. The highest BCUT2D eigenvalue weighted by Crippen LogP contribution is 2.14. The number of benzene rings is 2. The van der Waals surface area contributed by atoms with Crippen molar-refractivity contribution in [1.29, 1.82) is 0 Å². The molecule has 3 aromatic rings. The molecule has 0 aliphatic rings. The number of carbonyl (C=O) groups is 2. The summed E-state index contributed by atoms with van der Waals surface area (Å²) in [4.78, 5) is 32.3. The van der Waals surface area contributed by atoms with E-state index in [1.807, 2.05) is 68.4 Å². The molecule has 0 saturated heterocycles. The molecule has 3 N–H and O–H groups in total. The van der Waals surface area contributed by atoms with Crippen molar-refractivity contribution in [2.45, 2.75) is 26.3 Å². The van der Waals surface area contributed by atoms with E-state index in [2.05, 4.69) is 20.6 Å². The number of aromatic nitrogens is 2. The van der Waals surface area contributed by atoms with Gasteiger partial charge in [-0.1, -0.05) is 56.3 Å². The first kappa shape index (κ1) is 17.7. The molecule has 0 aliphatic carbocycles. The van der Waals surface area contributed by atoms with Gasteiger partial charge in [-0.2, -0.15) is 0 Å². The van der Waals surface area contributed by atoms with Gasteiger partial charge in [-0.3, -0.25) is 14.9 Å².